The van der Waals surface area contributed by atoms with Crippen molar-refractivity contribution in [2.45, 2.75) is 19.9 Å². The Morgan fingerprint density at radius 2 is 2.09 bits per heavy atom. The number of anilines is 1. The molecule has 1 aliphatic rings. The van der Waals surface area contributed by atoms with Crippen molar-refractivity contribution in [1.82, 2.24) is 9.80 Å². The van der Waals surface area contributed by atoms with Crippen LogP contribution < -0.4 is 5.32 Å². The van der Waals surface area contributed by atoms with Crippen LogP contribution in [0.5, 0.6) is 0 Å². The van der Waals surface area contributed by atoms with Crippen LogP contribution in [-0.4, -0.2) is 54.5 Å². The van der Waals surface area contributed by atoms with Gasteiger partial charge in [0.15, 0.2) is 0 Å². The molecule has 1 saturated heterocycles. The largest absolute Gasteiger partial charge is 0.324 e. The van der Waals surface area contributed by atoms with Crippen molar-refractivity contribution in [1.29, 1.82) is 0 Å². The maximum Gasteiger partial charge on any atom is 0.241 e. The molecule has 1 unspecified atom stereocenters. The summed E-state index contributed by atoms with van der Waals surface area (Å²) in [5.41, 5.74) is 1.38. The molecular formula is C17H22FN3O. The number of amides is 1. The first-order valence-electron chi connectivity index (χ1n) is 7.48. The zero-order valence-corrected chi connectivity index (χ0v) is 13.1. The second-order valence-corrected chi connectivity index (χ2v) is 5.64. The Morgan fingerprint density at radius 1 is 1.41 bits per heavy atom. The van der Waals surface area contributed by atoms with Crippen LogP contribution in [-0.2, 0) is 4.79 Å². The molecule has 1 N–H and O–H groups in total. The molecule has 4 nitrogen and oxygen atoms in total. The number of piperazine rings is 1. The molecule has 1 aromatic carbocycles. The monoisotopic (exact) mass is 303 g/mol. The summed E-state index contributed by atoms with van der Waals surface area (Å²) in [6, 6.07) is 4.15. The van der Waals surface area contributed by atoms with Gasteiger partial charge in [-0.05, 0) is 31.5 Å². The Bertz CT molecular complexity index is 574. The van der Waals surface area contributed by atoms with Gasteiger partial charge in [0.2, 0.25) is 5.91 Å². The zero-order valence-electron chi connectivity index (χ0n) is 13.1. The fraction of sp³-hybridized carbons (Fsp3) is 0.471. The van der Waals surface area contributed by atoms with Crippen molar-refractivity contribution in [2.75, 3.05) is 38.0 Å². The third kappa shape index (κ3) is 4.06. The first kappa shape index (κ1) is 16.5. The van der Waals surface area contributed by atoms with E-state index < -0.39 is 0 Å². The van der Waals surface area contributed by atoms with E-state index in [4.69, 9.17) is 6.42 Å². The van der Waals surface area contributed by atoms with Gasteiger partial charge in [-0.25, -0.2) is 4.39 Å². The van der Waals surface area contributed by atoms with Crippen molar-refractivity contribution >= 4 is 11.6 Å². The number of hydrogen-bond donors (Lipinski definition) is 1. The quantitative estimate of drug-likeness (QED) is 0.860. The van der Waals surface area contributed by atoms with Crippen LogP contribution in [0.2, 0.25) is 0 Å². The Labute approximate surface area is 131 Å². The summed E-state index contributed by atoms with van der Waals surface area (Å²) in [7, 11) is 0. The average molecular weight is 303 g/mol. The van der Waals surface area contributed by atoms with Gasteiger partial charge >= 0.3 is 0 Å². The lowest BCUT2D eigenvalue weighted by molar-refractivity contribution is -0.121. The fourth-order valence-corrected chi connectivity index (χ4v) is 2.57. The van der Waals surface area contributed by atoms with Gasteiger partial charge in [-0.15, -0.1) is 6.42 Å². The fourth-order valence-electron chi connectivity index (χ4n) is 2.57. The predicted molar refractivity (Wildman–Crippen MR) is 86.1 cm³/mol. The summed E-state index contributed by atoms with van der Waals surface area (Å²) in [6.07, 6.45) is 5.31. The number of nitrogens with one attached hydrogen (secondary N) is 1. The molecule has 1 amide bonds. The molecule has 1 heterocycles. The maximum absolute atomic E-state index is 13.3. The first-order chi connectivity index (χ1) is 10.5. The van der Waals surface area contributed by atoms with Crippen LogP contribution >= 0.6 is 0 Å². The summed E-state index contributed by atoms with van der Waals surface area (Å²) in [6.45, 7) is 7.70. The van der Waals surface area contributed by atoms with Crippen LogP contribution in [0, 0.1) is 25.1 Å². The number of benzene rings is 1. The highest BCUT2D eigenvalue weighted by Crippen LogP contribution is 2.17. The number of aryl methyl sites for hydroxylation is 1. The molecule has 0 aromatic heterocycles. The molecule has 1 aromatic rings. The number of hydrogen-bond acceptors (Lipinski definition) is 3. The molecule has 2 rings (SSSR count). The number of carbonyl (C=O) groups excluding carboxylic acids is 1. The van der Waals surface area contributed by atoms with Crippen molar-refractivity contribution in [3.8, 4) is 12.3 Å². The summed E-state index contributed by atoms with van der Waals surface area (Å²) in [4.78, 5) is 16.7. The number of terminal acetylenes is 1. The van der Waals surface area contributed by atoms with Crippen molar-refractivity contribution in [2.24, 2.45) is 0 Å². The van der Waals surface area contributed by atoms with Gasteiger partial charge in [-0.2, -0.15) is 0 Å². The molecule has 1 atom stereocenters. The molecule has 0 spiro atoms. The molecule has 0 aliphatic carbocycles. The smallest absolute Gasteiger partial charge is 0.241 e. The molecule has 1 fully saturated rings. The van der Waals surface area contributed by atoms with Crippen molar-refractivity contribution < 1.29 is 9.18 Å². The van der Waals surface area contributed by atoms with Gasteiger partial charge in [-0.3, -0.25) is 14.6 Å². The average Bonchev–Trinajstić information content (AvgIpc) is 2.51. The molecule has 5 heteroatoms. The number of rotatable bonds is 4. The first-order valence-corrected chi connectivity index (χ1v) is 7.48. The topological polar surface area (TPSA) is 35.6 Å². The van der Waals surface area contributed by atoms with Gasteiger partial charge in [-0.1, -0.05) is 12.0 Å². The van der Waals surface area contributed by atoms with E-state index in [9.17, 15) is 9.18 Å². The lowest BCUT2D eigenvalue weighted by atomic mass is 10.1. The maximum atomic E-state index is 13.3. The summed E-state index contributed by atoms with van der Waals surface area (Å²) >= 11 is 0. The second kappa shape index (κ2) is 7.39. The SMILES string of the molecule is C#CCN1CCN(C(C)C(=O)Nc2cc(F)ccc2C)CC1. The Hall–Kier alpha value is -1.90. The minimum absolute atomic E-state index is 0.112. The Morgan fingerprint density at radius 3 is 2.73 bits per heavy atom. The summed E-state index contributed by atoms with van der Waals surface area (Å²) in [5, 5.41) is 2.82. The minimum atomic E-state index is -0.351. The number of carbonyl (C=O) groups is 1. The van der Waals surface area contributed by atoms with Gasteiger partial charge < -0.3 is 5.32 Å². The van der Waals surface area contributed by atoms with E-state index in [1.54, 1.807) is 6.07 Å². The van der Waals surface area contributed by atoms with Crippen molar-refractivity contribution in [3.05, 3.63) is 29.6 Å². The molecule has 118 valence electrons. The van der Waals surface area contributed by atoms with Crippen LogP contribution in [0.3, 0.4) is 0 Å². The molecule has 0 radical (unpaired) electrons. The third-order valence-corrected chi connectivity index (χ3v) is 4.11. The highest BCUT2D eigenvalue weighted by atomic mass is 19.1. The normalized spacial score (nSPS) is 17.7. The lowest BCUT2D eigenvalue weighted by Gasteiger charge is -2.36. The van der Waals surface area contributed by atoms with E-state index in [-0.39, 0.29) is 17.8 Å². The van der Waals surface area contributed by atoms with E-state index in [1.165, 1.54) is 12.1 Å². The third-order valence-electron chi connectivity index (χ3n) is 4.11. The molecule has 0 bridgehead atoms. The van der Waals surface area contributed by atoms with E-state index >= 15 is 0 Å². The Kier molecular flexibility index (Phi) is 5.53. The van der Waals surface area contributed by atoms with Crippen LogP contribution in [0.1, 0.15) is 12.5 Å². The highest BCUT2D eigenvalue weighted by molar-refractivity contribution is 5.95. The molecular weight excluding hydrogens is 281 g/mol. The zero-order chi connectivity index (χ0) is 16.1. The van der Waals surface area contributed by atoms with Gasteiger partial charge in [0.05, 0.1) is 12.6 Å². The van der Waals surface area contributed by atoms with E-state index in [0.717, 1.165) is 31.7 Å². The van der Waals surface area contributed by atoms with E-state index in [1.807, 2.05) is 13.8 Å². The minimum Gasteiger partial charge on any atom is -0.324 e. The summed E-state index contributed by atoms with van der Waals surface area (Å²) in [5.74, 6) is 2.18. The second-order valence-electron chi connectivity index (χ2n) is 5.64. The van der Waals surface area contributed by atoms with Crippen LogP contribution in [0.4, 0.5) is 10.1 Å². The molecule has 22 heavy (non-hydrogen) atoms. The predicted octanol–water partition coefficient (Wildman–Crippen LogP) is 1.71. The molecule has 1 aliphatic heterocycles. The van der Waals surface area contributed by atoms with Crippen LogP contribution in [0.25, 0.3) is 0 Å². The van der Waals surface area contributed by atoms with Gasteiger partial charge in [0.25, 0.3) is 0 Å². The number of nitrogens with zero attached hydrogens (tertiary/aromatic N) is 2. The Balaban J connectivity index is 1.93. The van der Waals surface area contributed by atoms with Gasteiger partial charge in [0, 0.05) is 31.9 Å². The molecule has 0 saturated carbocycles. The van der Waals surface area contributed by atoms with Gasteiger partial charge in [0.1, 0.15) is 5.82 Å². The van der Waals surface area contributed by atoms with E-state index in [0.29, 0.717) is 12.2 Å². The standard InChI is InChI=1S/C17H22FN3O/c1-4-7-20-8-10-21(11-9-20)14(3)17(22)19-16-12-15(18)6-5-13(16)2/h1,5-6,12,14H,7-11H2,2-3H3,(H,19,22). The summed E-state index contributed by atoms with van der Waals surface area (Å²) < 4.78 is 13.3. The number of halogens is 1. The van der Waals surface area contributed by atoms with Crippen LogP contribution in [0.15, 0.2) is 18.2 Å². The highest BCUT2D eigenvalue weighted by Gasteiger charge is 2.25. The van der Waals surface area contributed by atoms with E-state index in [2.05, 4.69) is 21.0 Å². The van der Waals surface area contributed by atoms with Crippen molar-refractivity contribution in [3.63, 3.8) is 0 Å². The lowest BCUT2D eigenvalue weighted by Crippen LogP contribution is -2.52.